The van der Waals surface area contributed by atoms with Gasteiger partial charge in [0.2, 0.25) is 0 Å². The molecule has 1 heterocycles. The molecule has 0 radical (unpaired) electrons. The van der Waals surface area contributed by atoms with E-state index in [9.17, 15) is 18.0 Å². The number of nitrogens with zero attached hydrogens (tertiary/aromatic N) is 1. The molecule has 0 unspecified atom stereocenters. The summed E-state index contributed by atoms with van der Waals surface area (Å²) in [7, 11) is 0. The van der Waals surface area contributed by atoms with E-state index in [2.05, 4.69) is 26.0 Å². The molecule has 144 valence electrons. The van der Waals surface area contributed by atoms with Crippen molar-refractivity contribution in [2.45, 2.75) is 12.7 Å². The lowest BCUT2D eigenvalue weighted by Gasteiger charge is -2.33. The second-order valence-corrected chi connectivity index (χ2v) is 6.73. The molecule has 5 nitrogen and oxygen atoms in total. The summed E-state index contributed by atoms with van der Waals surface area (Å²) in [4.78, 5) is 14.0. The van der Waals surface area contributed by atoms with Gasteiger partial charge < -0.3 is 19.7 Å². The molecule has 1 saturated heterocycles. The fourth-order valence-corrected chi connectivity index (χ4v) is 2.95. The second-order valence-electron chi connectivity index (χ2n) is 5.81. The monoisotopic (exact) mass is 444 g/mol. The van der Waals surface area contributed by atoms with Gasteiger partial charge in [-0.15, -0.1) is 0 Å². The zero-order valence-electron chi connectivity index (χ0n) is 14.0. The minimum absolute atomic E-state index is 0.144. The molecule has 1 fully saturated rings. The van der Waals surface area contributed by atoms with Gasteiger partial charge in [-0.3, -0.25) is 0 Å². The SMILES string of the molecule is O=C(Nc1ccc(OC(F)F)c(F)c1)N1CCO[C@H](c2ccc(Br)cc2)C1. The number of rotatable bonds is 4. The van der Waals surface area contributed by atoms with Gasteiger partial charge in [-0.1, -0.05) is 28.1 Å². The molecule has 27 heavy (non-hydrogen) atoms. The maximum absolute atomic E-state index is 13.8. The molecule has 1 aliphatic rings. The third kappa shape index (κ3) is 5.14. The highest BCUT2D eigenvalue weighted by Crippen LogP contribution is 2.26. The third-order valence-electron chi connectivity index (χ3n) is 3.99. The van der Waals surface area contributed by atoms with Crippen LogP contribution in [-0.4, -0.2) is 37.2 Å². The first-order chi connectivity index (χ1) is 12.9. The van der Waals surface area contributed by atoms with E-state index in [0.29, 0.717) is 19.7 Å². The summed E-state index contributed by atoms with van der Waals surface area (Å²) in [6, 6.07) is 10.4. The van der Waals surface area contributed by atoms with Crippen LogP contribution >= 0.6 is 15.9 Å². The number of carbonyl (C=O) groups excluding carboxylic acids is 1. The molecule has 9 heteroatoms. The van der Waals surface area contributed by atoms with Crippen LogP contribution in [0.3, 0.4) is 0 Å². The number of alkyl halides is 2. The van der Waals surface area contributed by atoms with E-state index in [1.807, 2.05) is 24.3 Å². The lowest BCUT2D eigenvalue weighted by Crippen LogP contribution is -2.44. The zero-order chi connectivity index (χ0) is 19.4. The summed E-state index contributed by atoms with van der Waals surface area (Å²) in [5.74, 6) is -1.56. The molecule has 0 aliphatic carbocycles. The van der Waals surface area contributed by atoms with Crippen LogP contribution in [0, 0.1) is 5.82 Å². The number of halogens is 4. The highest BCUT2D eigenvalue weighted by molar-refractivity contribution is 9.10. The average molecular weight is 445 g/mol. The van der Waals surface area contributed by atoms with Crippen LogP contribution < -0.4 is 10.1 Å². The molecular formula is C18H16BrF3N2O3. The number of carbonyl (C=O) groups is 1. The van der Waals surface area contributed by atoms with E-state index in [0.717, 1.165) is 22.2 Å². The van der Waals surface area contributed by atoms with Crippen molar-refractivity contribution >= 4 is 27.6 Å². The Hall–Kier alpha value is -2.26. The fourth-order valence-electron chi connectivity index (χ4n) is 2.69. The Morgan fingerprint density at radius 1 is 1.26 bits per heavy atom. The summed E-state index contributed by atoms with van der Waals surface area (Å²) in [5, 5.41) is 2.56. The van der Waals surface area contributed by atoms with Crippen LogP contribution in [-0.2, 0) is 4.74 Å². The number of benzene rings is 2. The van der Waals surface area contributed by atoms with E-state index in [1.165, 1.54) is 6.07 Å². The molecule has 3 rings (SSSR count). The molecular weight excluding hydrogens is 429 g/mol. The molecule has 2 amide bonds. The van der Waals surface area contributed by atoms with E-state index in [1.54, 1.807) is 4.90 Å². The molecule has 1 N–H and O–H groups in total. The first-order valence-electron chi connectivity index (χ1n) is 8.10. The summed E-state index contributed by atoms with van der Waals surface area (Å²) >= 11 is 3.37. The van der Waals surface area contributed by atoms with Crippen molar-refractivity contribution in [2.24, 2.45) is 0 Å². The lowest BCUT2D eigenvalue weighted by molar-refractivity contribution is -0.0521. The van der Waals surface area contributed by atoms with Gasteiger partial charge in [0.05, 0.1) is 13.2 Å². The number of hydrogen-bond acceptors (Lipinski definition) is 3. The van der Waals surface area contributed by atoms with Crippen molar-refractivity contribution < 1.29 is 27.4 Å². The maximum Gasteiger partial charge on any atom is 0.387 e. The number of hydrogen-bond donors (Lipinski definition) is 1. The number of morpholine rings is 1. The Labute approximate surface area is 162 Å². The molecule has 2 aromatic rings. The molecule has 2 aromatic carbocycles. The number of nitrogens with one attached hydrogen (secondary N) is 1. The van der Waals surface area contributed by atoms with E-state index in [-0.39, 0.29) is 11.8 Å². The van der Waals surface area contributed by atoms with Crippen molar-refractivity contribution in [2.75, 3.05) is 25.0 Å². The van der Waals surface area contributed by atoms with Crippen LogP contribution in [0.25, 0.3) is 0 Å². The van der Waals surface area contributed by atoms with Crippen LogP contribution in [0.2, 0.25) is 0 Å². The van der Waals surface area contributed by atoms with Crippen molar-refractivity contribution in [3.8, 4) is 5.75 Å². The van der Waals surface area contributed by atoms with Gasteiger partial charge in [0.15, 0.2) is 11.6 Å². The molecule has 0 bridgehead atoms. The first kappa shape index (κ1) is 19.5. The topological polar surface area (TPSA) is 50.8 Å². The number of urea groups is 1. The standard InChI is InChI=1S/C18H16BrF3N2O3/c19-12-3-1-11(2-4-12)16-10-24(7-8-26-16)18(25)23-13-5-6-15(14(20)9-13)27-17(21)22/h1-6,9,16-17H,7-8,10H2,(H,23,25)/t16-/m0/s1. The Kier molecular flexibility index (Phi) is 6.22. The van der Waals surface area contributed by atoms with Crippen LogP contribution in [0.15, 0.2) is 46.9 Å². The third-order valence-corrected chi connectivity index (χ3v) is 4.52. The van der Waals surface area contributed by atoms with Crippen molar-refractivity contribution in [1.82, 2.24) is 4.90 Å². The predicted octanol–water partition coefficient (Wildman–Crippen LogP) is 4.80. The fraction of sp³-hybridized carbons (Fsp3) is 0.278. The maximum atomic E-state index is 13.8. The smallest absolute Gasteiger partial charge is 0.387 e. The normalized spacial score (nSPS) is 17.1. The van der Waals surface area contributed by atoms with Crippen molar-refractivity contribution in [1.29, 1.82) is 0 Å². The van der Waals surface area contributed by atoms with Crippen molar-refractivity contribution in [3.63, 3.8) is 0 Å². The predicted molar refractivity (Wildman–Crippen MR) is 96.5 cm³/mol. The minimum atomic E-state index is -3.12. The minimum Gasteiger partial charge on any atom is -0.432 e. The van der Waals surface area contributed by atoms with Crippen LogP contribution in [0.1, 0.15) is 11.7 Å². The Bertz CT molecular complexity index is 805. The summed E-state index contributed by atoms with van der Waals surface area (Å²) in [6.45, 7) is -2.04. The quantitative estimate of drug-likeness (QED) is 0.736. The zero-order valence-corrected chi connectivity index (χ0v) is 15.6. The second kappa shape index (κ2) is 8.62. The Balaban J connectivity index is 1.63. The summed E-state index contributed by atoms with van der Waals surface area (Å²) in [6.07, 6.45) is -0.267. The molecule has 0 saturated carbocycles. The van der Waals surface area contributed by atoms with Gasteiger partial charge in [-0.25, -0.2) is 9.18 Å². The number of anilines is 1. The lowest BCUT2D eigenvalue weighted by atomic mass is 10.1. The van der Waals surface area contributed by atoms with Gasteiger partial charge in [0, 0.05) is 22.8 Å². The Morgan fingerprint density at radius 3 is 2.67 bits per heavy atom. The van der Waals surface area contributed by atoms with Gasteiger partial charge in [-0.2, -0.15) is 8.78 Å². The van der Waals surface area contributed by atoms with Crippen LogP contribution in [0.5, 0.6) is 5.75 Å². The highest BCUT2D eigenvalue weighted by Gasteiger charge is 2.25. The summed E-state index contributed by atoms with van der Waals surface area (Å²) < 4.78 is 48.8. The van der Waals surface area contributed by atoms with Gasteiger partial charge >= 0.3 is 12.6 Å². The van der Waals surface area contributed by atoms with E-state index >= 15 is 0 Å². The molecule has 0 aromatic heterocycles. The van der Waals surface area contributed by atoms with Gasteiger partial charge in [-0.05, 0) is 29.8 Å². The Morgan fingerprint density at radius 2 is 2.00 bits per heavy atom. The molecule has 0 spiro atoms. The van der Waals surface area contributed by atoms with E-state index in [4.69, 9.17) is 4.74 Å². The highest BCUT2D eigenvalue weighted by atomic mass is 79.9. The van der Waals surface area contributed by atoms with Crippen molar-refractivity contribution in [3.05, 3.63) is 58.3 Å². The van der Waals surface area contributed by atoms with E-state index < -0.39 is 24.2 Å². The molecule has 1 aliphatic heterocycles. The number of amides is 2. The number of ether oxygens (including phenoxy) is 2. The van der Waals surface area contributed by atoms with Crippen LogP contribution in [0.4, 0.5) is 23.7 Å². The van der Waals surface area contributed by atoms with Gasteiger partial charge in [0.1, 0.15) is 6.10 Å². The average Bonchev–Trinajstić information content (AvgIpc) is 2.64. The first-order valence-corrected chi connectivity index (χ1v) is 8.89. The van der Waals surface area contributed by atoms with Gasteiger partial charge in [0.25, 0.3) is 0 Å². The summed E-state index contributed by atoms with van der Waals surface area (Å²) in [5.41, 5.74) is 1.08. The largest absolute Gasteiger partial charge is 0.432 e. The molecule has 1 atom stereocenters.